The molecule has 3 N–H and O–H groups in total. The predicted molar refractivity (Wildman–Crippen MR) is 66.1 cm³/mol. The maximum Gasteiger partial charge on any atom is 0.181 e. The number of aromatic nitrogens is 3. The fourth-order valence-corrected chi connectivity index (χ4v) is 2.10. The van der Waals surface area contributed by atoms with Crippen LogP contribution in [0.15, 0.2) is 30.3 Å². The standard InChI is InChI=1S/C13H16N4/c1-13(14,10-7-8-10)12-15-11(16-17-12)9-5-3-2-4-6-9/h2-6,10H,7-8,14H2,1H3,(H,15,16,17). The van der Waals surface area contributed by atoms with Crippen LogP contribution in [0.2, 0.25) is 0 Å². The largest absolute Gasteiger partial charge is 0.319 e. The summed E-state index contributed by atoms with van der Waals surface area (Å²) in [5.74, 6) is 2.05. The SMILES string of the molecule is CC(N)(c1nc(-c2ccccc2)n[nH]1)C1CC1. The Labute approximate surface area is 100 Å². The molecule has 2 aromatic rings. The lowest BCUT2D eigenvalue weighted by molar-refractivity contribution is 0.402. The van der Waals surface area contributed by atoms with Gasteiger partial charge in [0, 0.05) is 5.56 Å². The highest BCUT2D eigenvalue weighted by molar-refractivity contribution is 5.54. The van der Waals surface area contributed by atoms with Gasteiger partial charge in [-0.1, -0.05) is 30.3 Å². The number of nitrogens with two attached hydrogens (primary N) is 1. The smallest absolute Gasteiger partial charge is 0.181 e. The van der Waals surface area contributed by atoms with E-state index in [9.17, 15) is 0 Å². The van der Waals surface area contributed by atoms with Gasteiger partial charge in [-0.15, -0.1) is 0 Å². The summed E-state index contributed by atoms with van der Waals surface area (Å²) in [4.78, 5) is 4.52. The number of hydrogen-bond donors (Lipinski definition) is 2. The summed E-state index contributed by atoms with van der Waals surface area (Å²) in [6, 6.07) is 9.94. The number of benzene rings is 1. The Morgan fingerprint density at radius 3 is 2.65 bits per heavy atom. The van der Waals surface area contributed by atoms with Crippen molar-refractivity contribution >= 4 is 0 Å². The van der Waals surface area contributed by atoms with Crippen LogP contribution in [0.25, 0.3) is 11.4 Å². The molecular formula is C13H16N4. The first-order chi connectivity index (χ1) is 8.18. The third-order valence-corrected chi connectivity index (χ3v) is 3.45. The monoisotopic (exact) mass is 228 g/mol. The minimum atomic E-state index is -0.375. The second-order valence-corrected chi connectivity index (χ2v) is 4.93. The number of aromatic amines is 1. The second kappa shape index (κ2) is 3.67. The summed E-state index contributed by atoms with van der Waals surface area (Å²) >= 11 is 0. The average molecular weight is 228 g/mol. The quantitative estimate of drug-likeness (QED) is 0.845. The molecule has 1 aliphatic carbocycles. The van der Waals surface area contributed by atoms with Crippen LogP contribution >= 0.6 is 0 Å². The molecule has 1 heterocycles. The lowest BCUT2D eigenvalue weighted by Crippen LogP contribution is -2.36. The van der Waals surface area contributed by atoms with Crippen LogP contribution in [-0.2, 0) is 5.54 Å². The van der Waals surface area contributed by atoms with Gasteiger partial charge in [-0.3, -0.25) is 5.10 Å². The Balaban J connectivity index is 1.93. The molecule has 17 heavy (non-hydrogen) atoms. The van der Waals surface area contributed by atoms with Gasteiger partial charge in [-0.25, -0.2) is 4.98 Å². The first kappa shape index (κ1) is 10.5. The van der Waals surface area contributed by atoms with Gasteiger partial charge in [0.25, 0.3) is 0 Å². The minimum Gasteiger partial charge on any atom is -0.319 e. The van der Waals surface area contributed by atoms with Gasteiger partial charge in [0.2, 0.25) is 0 Å². The van der Waals surface area contributed by atoms with Gasteiger partial charge in [0.05, 0.1) is 5.54 Å². The molecule has 1 aliphatic rings. The maximum absolute atomic E-state index is 6.30. The first-order valence-corrected chi connectivity index (χ1v) is 5.95. The van der Waals surface area contributed by atoms with Crippen molar-refractivity contribution < 1.29 is 0 Å². The van der Waals surface area contributed by atoms with Gasteiger partial charge >= 0.3 is 0 Å². The molecule has 1 atom stereocenters. The number of H-pyrrole nitrogens is 1. The highest BCUT2D eigenvalue weighted by Gasteiger charge is 2.42. The van der Waals surface area contributed by atoms with Crippen LogP contribution in [0.1, 0.15) is 25.6 Å². The van der Waals surface area contributed by atoms with Crippen LogP contribution in [0.5, 0.6) is 0 Å². The molecule has 1 unspecified atom stereocenters. The molecule has 1 saturated carbocycles. The third kappa shape index (κ3) is 1.85. The van der Waals surface area contributed by atoms with Gasteiger partial charge in [-0.2, -0.15) is 5.10 Å². The van der Waals surface area contributed by atoms with E-state index in [0.29, 0.717) is 5.92 Å². The van der Waals surface area contributed by atoms with Crippen molar-refractivity contribution in [3.05, 3.63) is 36.2 Å². The lowest BCUT2D eigenvalue weighted by Gasteiger charge is -2.20. The first-order valence-electron chi connectivity index (χ1n) is 5.95. The van der Waals surface area contributed by atoms with Gasteiger partial charge < -0.3 is 5.73 Å². The van der Waals surface area contributed by atoms with Crippen molar-refractivity contribution in [2.75, 3.05) is 0 Å². The van der Waals surface area contributed by atoms with Gasteiger partial charge in [0.15, 0.2) is 5.82 Å². The minimum absolute atomic E-state index is 0.375. The van der Waals surface area contributed by atoms with E-state index in [0.717, 1.165) is 17.2 Å². The molecule has 0 bridgehead atoms. The number of rotatable bonds is 3. The van der Waals surface area contributed by atoms with E-state index in [-0.39, 0.29) is 5.54 Å². The second-order valence-electron chi connectivity index (χ2n) is 4.93. The maximum atomic E-state index is 6.30. The van der Waals surface area contributed by atoms with Gasteiger partial charge in [-0.05, 0) is 25.7 Å². The van der Waals surface area contributed by atoms with E-state index in [1.807, 2.05) is 37.3 Å². The Morgan fingerprint density at radius 1 is 1.29 bits per heavy atom. The molecule has 1 fully saturated rings. The molecule has 0 spiro atoms. The molecule has 88 valence electrons. The third-order valence-electron chi connectivity index (χ3n) is 3.45. The Kier molecular flexibility index (Phi) is 2.26. The van der Waals surface area contributed by atoms with Crippen LogP contribution in [0, 0.1) is 5.92 Å². The molecule has 0 amide bonds. The van der Waals surface area contributed by atoms with Crippen LogP contribution in [-0.4, -0.2) is 15.2 Å². The molecular weight excluding hydrogens is 212 g/mol. The Bertz CT molecular complexity index is 511. The fourth-order valence-electron chi connectivity index (χ4n) is 2.10. The molecule has 4 nitrogen and oxygen atoms in total. The van der Waals surface area contributed by atoms with E-state index >= 15 is 0 Å². The van der Waals surface area contributed by atoms with Crippen LogP contribution in [0.3, 0.4) is 0 Å². The summed E-state index contributed by atoms with van der Waals surface area (Å²) in [7, 11) is 0. The Morgan fingerprint density at radius 2 is 2.00 bits per heavy atom. The van der Waals surface area contributed by atoms with Crippen LogP contribution < -0.4 is 5.73 Å². The molecule has 0 aliphatic heterocycles. The van der Waals surface area contributed by atoms with Crippen molar-refractivity contribution in [3.8, 4) is 11.4 Å². The summed E-state index contributed by atoms with van der Waals surface area (Å²) in [6.45, 7) is 2.03. The topological polar surface area (TPSA) is 67.6 Å². The summed E-state index contributed by atoms with van der Waals surface area (Å²) in [6.07, 6.45) is 2.38. The molecule has 0 saturated heterocycles. The normalized spacial score (nSPS) is 18.9. The predicted octanol–water partition coefficient (Wildman–Crippen LogP) is 2.06. The zero-order chi connectivity index (χ0) is 11.9. The van der Waals surface area contributed by atoms with Crippen molar-refractivity contribution in [2.24, 2.45) is 11.7 Å². The summed E-state index contributed by atoms with van der Waals surface area (Å²) in [5.41, 5.74) is 6.94. The highest BCUT2D eigenvalue weighted by atomic mass is 15.2. The lowest BCUT2D eigenvalue weighted by atomic mass is 9.97. The Hall–Kier alpha value is -1.68. The highest BCUT2D eigenvalue weighted by Crippen LogP contribution is 2.42. The molecule has 3 rings (SSSR count). The van der Waals surface area contributed by atoms with E-state index < -0.39 is 0 Å². The molecule has 1 aromatic carbocycles. The zero-order valence-corrected chi connectivity index (χ0v) is 9.85. The summed E-state index contributed by atoms with van der Waals surface area (Å²) in [5, 5.41) is 7.23. The van der Waals surface area contributed by atoms with Crippen molar-refractivity contribution in [3.63, 3.8) is 0 Å². The van der Waals surface area contributed by atoms with Crippen molar-refractivity contribution in [1.82, 2.24) is 15.2 Å². The number of nitrogens with one attached hydrogen (secondary N) is 1. The van der Waals surface area contributed by atoms with Crippen molar-refractivity contribution in [2.45, 2.75) is 25.3 Å². The van der Waals surface area contributed by atoms with E-state index in [1.165, 1.54) is 12.8 Å². The fraction of sp³-hybridized carbons (Fsp3) is 0.385. The zero-order valence-electron chi connectivity index (χ0n) is 9.85. The van der Waals surface area contributed by atoms with Crippen molar-refractivity contribution in [1.29, 1.82) is 0 Å². The summed E-state index contributed by atoms with van der Waals surface area (Å²) < 4.78 is 0. The average Bonchev–Trinajstić information content (AvgIpc) is 3.08. The van der Waals surface area contributed by atoms with E-state index in [2.05, 4.69) is 15.2 Å². The molecule has 4 heteroatoms. The van der Waals surface area contributed by atoms with E-state index in [1.54, 1.807) is 0 Å². The van der Waals surface area contributed by atoms with E-state index in [4.69, 9.17) is 5.73 Å². The number of hydrogen-bond acceptors (Lipinski definition) is 3. The van der Waals surface area contributed by atoms with Gasteiger partial charge in [0.1, 0.15) is 5.82 Å². The molecule has 1 aromatic heterocycles. The molecule has 0 radical (unpaired) electrons. The van der Waals surface area contributed by atoms with Crippen LogP contribution in [0.4, 0.5) is 0 Å². The number of nitrogens with zero attached hydrogens (tertiary/aromatic N) is 2.